The molecule has 0 atom stereocenters. The number of rotatable bonds is 8. The lowest BCUT2D eigenvalue weighted by molar-refractivity contribution is -0.121. The molecule has 0 spiro atoms. The molecule has 1 N–H and O–H groups in total. The second-order valence-corrected chi connectivity index (χ2v) is 5.61. The molecule has 0 aliphatic carbocycles. The second-order valence-electron chi connectivity index (χ2n) is 5.61. The van der Waals surface area contributed by atoms with Gasteiger partial charge in [0.25, 0.3) is 0 Å². The third-order valence-electron chi connectivity index (χ3n) is 4.00. The van der Waals surface area contributed by atoms with Crippen LogP contribution in [0.5, 0.6) is 0 Å². The van der Waals surface area contributed by atoms with E-state index < -0.39 is 0 Å². The van der Waals surface area contributed by atoms with Crippen LogP contribution in [0.2, 0.25) is 0 Å². The molecule has 0 radical (unpaired) electrons. The van der Waals surface area contributed by atoms with E-state index in [2.05, 4.69) is 39.4 Å². The van der Waals surface area contributed by atoms with Crippen LogP contribution in [0, 0.1) is 0 Å². The van der Waals surface area contributed by atoms with E-state index in [1.54, 1.807) is 7.11 Å². The monoisotopic (exact) mass is 305 g/mol. The summed E-state index contributed by atoms with van der Waals surface area (Å²) in [5, 5.41) is 2.94. The van der Waals surface area contributed by atoms with Crippen molar-refractivity contribution in [3.05, 3.63) is 30.3 Å². The van der Waals surface area contributed by atoms with E-state index >= 15 is 0 Å². The Kier molecular flexibility index (Phi) is 7.19. The Morgan fingerprint density at radius 2 is 1.91 bits per heavy atom. The lowest BCUT2D eigenvalue weighted by Gasteiger charge is -2.36. The minimum absolute atomic E-state index is 0.140. The first-order valence-electron chi connectivity index (χ1n) is 8.07. The van der Waals surface area contributed by atoms with Gasteiger partial charge in [-0.3, -0.25) is 9.69 Å². The summed E-state index contributed by atoms with van der Waals surface area (Å²) in [4.78, 5) is 16.5. The van der Waals surface area contributed by atoms with Gasteiger partial charge in [-0.15, -0.1) is 0 Å². The third kappa shape index (κ3) is 5.66. The van der Waals surface area contributed by atoms with Crippen molar-refractivity contribution >= 4 is 11.6 Å². The number of hydrogen-bond donors (Lipinski definition) is 1. The van der Waals surface area contributed by atoms with Crippen LogP contribution in [0.3, 0.4) is 0 Å². The molecule has 0 bridgehead atoms. The number of anilines is 1. The number of para-hydroxylation sites is 1. The molecule has 1 aliphatic rings. The fourth-order valence-corrected chi connectivity index (χ4v) is 2.66. The van der Waals surface area contributed by atoms with Crippen molar-refractivity contribution in [1.82, 2.24) is 10.2 Å². The van der Waals surface area contributed by atoms with Crippen molar-refractivity contribution < 1.29 is 9.53 Å². The lowest BCUT2D eigenvalue weighted by atomic mass is 10.2. The molecule has 1 aliphatic heterocycles. The Morgan fingerprint density at radius 1 is 1.18 bits per heavy atom. The van der Waals surface area contributed by atoms with Crippen LogP contribution < -0.4 is 10.2 Å². The van der Waals surface area contributed by atoms with Crippen LogP contribution in [0.15, 0.2) is 30.3 Å². The molecule has 122 valence electrons. The van der Waals surface area contributed by atoms with Gasteiger partial charge in [-0.2, -0.15) is 0 Å². The van der Waals surface area contributed by atoms with E-state index in [1.165, 1.54) is 5.69 Å². The number of benzene rings is 1. The minimum atomic E-state index is 0.140. The predicted octanol–water partition coefficient (Wildman–Crippen LogP) is 1.35. The molecule has 5 nitrogen and oxygen atoms in total. The number of piperazine rings is 1. The van der Waals surface area contributed by atoms with Gasteiger partial charge >= 0.3 is 0 Å². The Bertz CT molecular complexity index is 431. The smallest absolute Gasteiger partial charge is 0.221 e. The van der Waals surface area contributed by atoms with Gasteiger partial charge in [0.2, 0.25) is 5.91 Å². The zero-order valence-electron chi connectivity index (χ0n) is 13.5. The van der Waals surface area contributed by atoms with E-state index in [4.69, 9.17) is 4.74 Å². The zero-order chi connectivity index (χ0) is 15.6. The number of carbonyl (C=O) groups is 1. The molecule has 0 unspecified atom stereocenters. The molecule has 1 heterocycles. The van der Waals surface area contributed by atoms with E-state index in [0.29, 0.717) is 19.6 Å². The van der Waals surface area contributed by atoms with Crippen molar-refractivity contribution in [3.63, 3.8) is 0 Å². The first-order chi connectivity index (χ1) is 10.8. The van der Waals surface area contributed by atoms with Crippen LogP contribution in [-0.4, -0.2) is 63.8 Å². The van der Waals surface area contributed by atoms with Gasteiger partial charge in [0.15, 0.2) is 0 Å². The summed E-state index contributed by atoms with van der Waals surface area (Å²) in [6.45, 7) is 6.34. The largest absolute Gasteiger partial charge is 0.385 e. The molecular weight excluding hydrogens is 278 g/mol. The number of amides is 1. The molecular formula is C17H27N3O2. The maximum absolute atomic E-state index is 11.7. The maximum Gasteiger partial charge on any atom is 0.221 e. The molecule has 2 rings (SSSR count). The highest BCUT2D eigenvalue weighted by Crippen LogP contribution is 2.15. The highest BCUT2D eigenvalue weighted by Gasteiger charge is 2.17. The Morgan fingerprint density at radius 3 is 2.59 bits per heavy atom. The van der Waals surface area contributed by atoms with E-state index in [9.17, 15) is 4.79 Å². The zero-order valence-corrected chi connectivity index (χ0v) is 13.5. The number of methoxy groups -OCH3 is 1. The van der Waals surface area contributed by atoms with E-state index in [0.717, 1.165) is 39.1 Å². The normalized spacial score (nSPS) is 15.8. The van der Waals surface area contributed by atoms with Crippen molar-refractivity contribution in [1.29, 1.82) is 0 Å². The molecule has 0 aromatic heterocycles. The van der Waals surface area contributed by atoms with Gasteiger partial charge in [-0.25, -0.2) is 0 Å². The van der Waals surface area contributed by atoms with Crippen LogP contribution in [-0.2, 0) is 9.53 Å². The SMILES string of the molecule is COCCCNC(=O)CCN1CCN(c2ccccc2)CC1. The van der Waals surface area contributed by atoms with Crippen molar-refractivity contribution in [2.75, 3.05) is 57.9 Å². The predicted molar refractivity (Wildman–Crippen MR) is 89.2 cm³/mol. The van der Waals surface area contributed by atoms with Gasteiger partial charge < -0.3 is 15.0 Å². The average molecular weight is 305 g/mol. The van der Waals surface area contributed by atoms with Gasteiger partial charge in [-0.1, -0.05) is 18.2 Å². The molecule has 1 fully saturated rings. The van der Waals surface area contributed by atoms with Crippen LogP contribution in [0.4, 0.5) is 5.69 Å². The van der Waals surface area contributed by atoms with Crippen molar-refractivity contribution in [2.24, 2.45) is 0 Å². The Labute approximate surface area is 133 Å². The lowest BCUT2D eigenvalue weighted by Crippen LogP contribution is -2.47. The van der Waals surface area contributed by atoms with Crippen LogP contribution in [0.1, 0.15) is 12.8 Å². The maximum atomic E-state index is 11.7. The second kappa shape index (κ2) is 9.43. The molecule has 5 heteroatoms. The quantitative estimate of drug-likeness (QED) is 0.737. The number of nitrogens with one attached hydrogen (secondary N) is 1. The molecule has 0 saturated carbocycles. The summed E-state index contributed by atoms with van der Waals surface area (Å²) >= 11 is 0. The van der Waals surface area contributed by atoms with Crippen molar-refractivity contribution in [2.45, 2.75) is 12.8 Å². The third-order valence-corrected chi connectivity index (χ3v) is 4.00. The van der Waals surface area contributed by atoms with Crippen LogP contribution >= 0.6 is 0 Å². The molecule has 1 amide bonds. The van der Waals surface area contributed by atoms with Gasteiger partial charge in [0.05, 0.1) is 0 Å². The number of ether oxygens (including phenoxy) is 1. The van der Waals surface area contributed by atoms with E-state index in [-0.39, 0.29) is 5.91 Å². The highest BCUT2D eigenvalue weighted by molar-refractivity contribution is 5.76. The van der Waals surface area contributed by atoms with Gasteiger partial charge in [-0.05, 0) is 18.6 Å². The summed E-state index contributed by atoms with van der Waals surface area (Å²) in [7, 11) is 1.68. The summed E-state index contributed by atoms with van der Waals surface area (Å²) in [5.74, 6) is 0.140. The minimum Gasteiger partial charge on any atom is -0.385 e. The Balaban J connectivity index is 1.60. The van der Waals surface area contributed by atoms with Gasteiger partial charge in [0.1, 0.15) is 0 Å². The summed E-state index contributed by atoms with van der Waals surface area (Å²) in [6, 6.07) is 10.5. The molecule has 22 heavy (non-hydrogen) atoms. The summed E-state index contributed by atoms with van der Waals surface area (Å²) in [5.41, 5.74) is 1.29. The first kappa shape index (κ1) is 16.8. The first-order valence-corrected chi connectivity index (χ1v) is 8.07. The molecule has 1 aromatic rings. The fourth-order valence-electron chi connectivity index (χ4n) is 2.66. The summed E-state index contributed by atoms with van der Waals surface area (Å²) in [6.07, 6.45) is 1.45. The number of carbonyl (C=O) groups excluding carboxylic acids is 1. The highest BCUT2D eigenvalue weighted by atomic mass is 16.5. The average Bonchev–Trinajstić information content (AvgIpc) is 2.58. The summed E-state index contributed by atoms with van der Waals surface area (Å²) < 4.78 is 4.96. The van der Waals surface area contributed by atoms with Crippen LogP contribution in [0.25, 0.3) is 0 Å². The standard InChI is InChI=1S/C17H27N3O2/c1-22-15-5-9-18-17(21)8-10-19-11-13-20(14-12-19)16-6-3-2-4-7-16/h2-4,6-7H,5,8-15H2,1H3,(H,18,21). The Hall–Kier alpha value is -1.59. The van der Waals surface area contributed by atoms with Gasteiger partial charge in [0, 0.05) is 65.1 Å². The topological polar surface area (TPSA) is 44.8 Å². The molecule has 1 saturated heterocycles. The fraction of sp³-hybridized carbons (Fsp3) is 0.588. The molecule has 1 aromatic carbocycles. The van der Waals surface area contributed by atoms with E-state index in [1.807, 2.05) is 6.07 Å². The number of hydrogen-bond acceptors (Lipinski definition) is 4. The van der Waals surface area contributed by atoms with Crippen molar-refractivity contribution in [3.8, 4) is 0 Å². The number of nitrogens with zero attached hydrogens (tertiary/aromatic N) is 2.